The minimum atomic E-state index is -0.980. The van der Waals surface area contributed by atoms with Crippen molar-refractivity contribution in [1.29, 1.82) is 0 Å². The molecule has 2 N–H and O–H groups in total. The fourth-order valence-corrected chi connectivity index (χ4v) is 2.91. The first-order valence-electron chi connectivity index (χ1n) is 9.09. The van der Waals surface area contributed by atoms with Gasteiger partial charge in [-0.1, -0.05) is 6.42 Å². The molecule has 1 aliphatic heterocycles. The standard InChI is InChI=1S/C19H28N2O5/c1-25-16-6-5-15(14-20-18(22)7-8-19(23)24)17(13-16)26-12-11-21-9-3-2-4-10-21/h5-6,13H,2-4,7-12,14H2,1H3,(H,20,22)(H,23,24). The zero-order valence-electron chi connectivity index (χ0n) is 15.3. The smallest absolute Gasteiger partial charge is 0.303 e. The van der Waals surface area contributed by atoms with E-state index >= 15 is 0 Å². The van der Waals surface area contributed by atoms with E-state index in [1.54, 1.807) is 7.11 Å². The second-order valence-corrected chi connectivity index (χ2v) is 6.39. The average Bonchev–Trinajstić information content (AvgIpc) is 2.66. The zero-order chi connectivity index (χ0) is 18.8. The number of aliphatic carboxylic acids is 1. The molecule has 144 valence electrons. The lowest BCUT2D eigenvalue weighted by Crippen LogP contribution is -2.33. The topological polar surface area (TPSA) is 88.1 Å². The van der Waals surface area contributed by atoms with Gasteiger partial charge in [0.1, 0.15) is 18.1 Å². The molecule has 0 atom stereocenters. The van der Waals surface area contributed by atoms with Gasteiger partial charge < -0.3 is 19.9 Å². The molecule has 7 nitrogen and oxygen atoms in total. The Bertz CT molecular complexity index is 600. The van der Waals surface area contributed by atoms with Gasteiger partial charge in [0, 0.05) is 31.1 Å². The number of carboxylic acid groups (broad SMARTS) is 1. The maximum absolute atomic E-state index is 11.7. The molecule has 0 bridgehead atoms. The lowest BCUT2D eigenvalue weighted by molar-refractivity contribution is -0.138. The number of nitrogens with one attached hydrogen (secondary N) is 1. The number of nitrogens with zero attached hydrogens (tertiary/aromatic N) is 1. The van der Waals surface area contributed by atoms with Crippen molar-refractivity contribution in [3.63, 3.8) is 0 Å². The highest BCUT2D eigenvalue weighted by atomic mass is 16.5. The summed E-state index contributed by atoms with van der Waals surface area (Å²) in [6.07, 6.45) is 3.59. The highest BCUT2D eigenvalue weighted by Crippen LogP contribution is 2.25. The third-order valence-corrected chi connectivity index (χ3v) is 4.43. The summed E-state index contributed by atoms with van der Waals surface area (Å²) in [5.41, 5.74) is 0.841. The third-order valence-electron chi connectivity index (χ3n) is 4.43. The largest absolute Gasteiger partial charge is 0.497 e. The molecule has 0 unspecified atom stereocenters. The van der Waals surface area contributed by atoms with Gasteiger partial charge in [0.05, 0.1) is 13.5 Å². The van der Waals surface area contributed by atoms with E-state index in [0.717, 1.165) is 25.2 Å². The van der Waals surface area contributed by atoms with Crippen LogP contribution >= 0.6 is 0 Å². The van der Waals surface area contributed by atoms with Crippen molar-refractivity contribution in [2.75, 3.05) is 33.4 Å². The summed E-state index contributed by atoms with van der Waals surface area (Å²) < 4.78 is 11.2. The van der Waals surface area contributed by atoms with E-state index in [0.29, 0.717) is 24.7 Å². The number of hydrogen-bond acceptors (Lipinski definition) is 5. The Labute approximate surface area is 154 Å². The number of piperidine rings is 1. The van der Waals surface area contributed by atoms with Crippen molar-refractivity contribution in [2.24, 2.45) is 0 Å². The lowest BCUT2D eigenvalue weighted by Gasteiger charge is -2.26. The molecule has 1 aliphatic rings. The quantitative estimate of drug-likeness (QED) is 0.661. The number of methoxy groups -OCH3 is 1. The van der Waals surface area contributed by atoms with Crippen LogP contribution in [0.4, 0.5) is 0 Å². The maximum Gasteiger partial charge on any atom is 0.303 e. The van der Waals surface area contributed by atoms with Gasteiger partial charge in [0.15, 0.2) is 0 Å². The van der Waals surface area contributed by atoms with Crippen LogP contribution in [0.1, 0.15) is 37.7 Å². The number of carbonyl (C=O) groups is 2. The van der Waals surface area contributed by atoms with Crippen LogP contribution in [0, 0.1) is 0 Å². The second kappa shape index (κ2) is 10.7. The summed E-state index contributed by atoms with van der Waals surface area (Å²) in [7, 11) is 1.60. The van der Waals surface area contributed by atoms with Crippen molar-refractivity contribution in [2.45, 2.75) is 38.6 Å². The maximum atomic E-state index is 11.7. The van der Waals surface area contributed by atoms with Gasteiger partial charge >= 0.3 is 5.97 Å². The van der Waals surface area contributed by atoms with Crippen LogP contribution in [0.5, 0.6) is 11.5 Å². The molecular weight excluding hydrogens is 336 g/mol. The number of amides is 1. The Hall–Kier alpha value is -2.28. The number of hydrogen-bond donors (Lipinski definition) is 2. The molecule has 0 radical (unpaired) electrons. The number of likely N-dealkylation sites (tertiary alicyclic amines) is 1. The van der Waals surface area contributed by atoms with Crippen LogP contribution in [-0.2, 0) is 16.1 Å². The molecule has 1 saturated heterocycles. The first-order chi connectivity index (χ1) is 12.6. The minimum Gasteiger partial charge on any atom is -0.497 e. The monoisotopic (exact) mass is 364 g/mol. The molecule has 0 saturated carbocycles. The Morgan fingerprint density at radius 2 is 1.96 bits per heavy atom. The predicted octanol–water partition coefficient (Wildman–Crippen LogP) is 2.04. The second-order valence-electron chi connectivity index (χ2n) is 6.39. The highest BCUT2D eigenvalue weighted by Gasteiger charge is 2.12. The fraction of sp³-hybridized carbons (Fsp3) is 0.579. The number of benzene rings is 1. The molecule has 0 spiro atoms. The predicted molar refractivity (Wildman–Crippen MR) is 97.5 cm³/mol. The summed E-state index contributed by atoms with van der Waals surface area (Å²) in [4.78, 5) is 24.7. The molecule has 1 aromatic rings. The van der Waals surface area contributed by atoms with Crippen molar-refractivity contribution in [3.8, 4) is 11.5 Å². The van der Waals surface area contributed by atoms with Crippen LogP contribution in [0.3, 0.4) is 0 Å². The Kier molecular flexibility index (Phi) is 8.21. The van der Waals surface area contributed by atoms with Crippen LogP contribution in [-0.4, -0.2) is 55.2 Å². The SMILES string of the molecule is COc1ccc(CNC(=O)CCC(=O)O)c(OCCN2CCCCC2)c1. The van der Waals surface area contributed by atoms with Gasteiger partial charge in [-0.15, -0.1) is 0 Å². The first-order valence-corrected chi connectivity index (χ1v) is 9.09. The molecule has 0 aliphatic carbocycles. The molecule has 1 amide bonds. The number of carbonyl (C=O) groups excluding carboxylic acids is 1. The van der Waals surface area contributed by atoms with Crippen molar-refractivity contribution in [1.82, 2.24) is 10.2 Å². The van der Waals surface area contributed by atoms with E-state index < -0.39 is 5.97 Å². The van der Waals surface area contributed by atoms with E-state index in [1.807, 2.05) is 18.2 Å². The molecule has 0 aromatic heterocycles. The molecule has 2 rings (SSSR count). The normalized spacial score (nSPS) is 14.7. The summed E-state index contributed by atoms with van der Waals surface area (Å²) in [6, 6.07) is 5.48. The molecule has 1 aromatic carbocycles. The molecule has 26 heavy (non-hydrogen) atoms. The number of ether oxygens (including phenoxy) is 2. The molecule has 1 fully saturated rings. The van der Waals surface area contributed by atoms with E-state index in [1.165, 1.54) is 19.3 Å². The van der Waals surface area contributed by atoms with Crippen LogP contribution in [0.15, 0.2) is 18.2 Å². The van der Waals surface area contributed by atoms with Gasteiger partial charge in [-0.2, -0.15) is 0 Å². The van der Waals surface area contributed by atoms with E-state index in [2.05, 4.69) is 10.2 Å². The lowest BCUT2D eigenvalue weighted by atomic mass is 10.1. The van der Waals surface area contributed by atoms with Crippen LogP contribution in [0.2, 0.25) is 0 Å². The summed E-state index contributed by atoms with van der Waals surface area (Å²) in [5.74, 6) is 0.104. The van der Waals surface area contributed by atoms with Crippen molar-refractivity contribution < 1.29 is 24.2 Å². The summed E-state index contributed by atoms with van der Waals surface area (Å²) in [6.45, 7) is 3.98. The van der Waals surface area contributed by atoms with Crippen molar-refractivity contribution >= 4 is 11.9 Å². The van der Waals surface area contributed by atoms with Gasteiger partial charge in [0.25, 0.3) is 0 Å². The molecule has 7 heteroatoms. The Morgan fingerprint density at radius 3 is 2.65 bits per heavy atom. The van der Waals surface area contributed by atoms with E-state index in [4.69, 9.17) is 14.6 Å². The fourth-order valence-electron chi connectivity index (χ4n) is 2.91. The Balaban J connectivity index is 1.88. The van der Waals surface area contributed by atoms with Crippen LogP contribution < -0.4 is 14.8 Å². The molecular formula is C19H28N2O5. The van der Waals surface area contributed by atoms with Gasteiger partial charge in [0.2, 0.25) is 5.91 Å². The third kappa shape index (κ3) is 6.92. The number of carboxylic acids is 1. The van der Waals surface area contributed by atoms with Gasteiger partial charge in [-0.05, 0) is 38.1 Å². The van der Waals surface area contributed by atoms with Crippen LogP contribution in [0.25, 0.3) is 0 Å². The van der Waals surface area contributed by atoms with Gasteiger partial charge in [-0.25, -0.2) is 0 Å². The van der Waals surface area contributed by atoms with E-state index in [9.17, 15) is 9.59 Å². The average molecular weight is 364 g/mol. The van der Waals surface area contributed by atoms with Gasteiger partial charge in [-0.3, -0.25) is 14.5 Å². The minimum absolute atomic E-state index is 0.0311. The zero-order valence-corrected chi connectivity index (χ0v) is 15.3. The summed E-state index contributed by atoms with van der Waals surface area (Å²) in [5, 5.41) is 11.4. The highest BCUT2D eigenvalue weighted by molar-refractivity contribution is 5.80. The van der Waals surface area contributed by atoms with E-state index in [-0.39, 0.29) is 18.7 Å². The molecule has 1 heterocycles. The Morgan fingerprint density at radius 1 is 1.19 bits per heavy atom. The van der Waals surface area contributed by atoms with Crippen molar-refractivity contribution in [3.05, 3.63) is 23.8 Å². The number of rotatable bonds is 10. The summed E-state index contributed by atoms with van der Waals surface area (Å²) >= 11 is 0. The first kappa shape index (κ1) is 20.0.